The third kappa shape index (κ3) is 5.09. The van der Waals surface area contributed by atoms with Crippen molar-refractivity contribution >= 4 is 23.6 Å². The molecule has 1 aromatic heterocycles. The van der Waals surface area contributed by atoms with E-state index in [1.165, 1.54) is 12.1 Å². The van der Waals surface area contributed by atoms with Crippen LogP contribution in [-0.2, 0) is 16.0 Å². The Labute approximate surface area is 214 Å². The molecule has 2 amide bonds. The monoisotopic (exact) mass is 501 g/mol. The normalized spacial score (nSPS) is 12.0. The molecule has 0 saturated carbocycles. The average Bonchev–Trinajstić information content (AvgIpc) is 3.30. The summed E-state index contributed by atoms with van der Waals surface area (Å²) in [4.78, 5) is 37.6. The zero-order chi connectivity index (χ0) is 26.9. The highest BCUT2D eigenvalue weighted by molar-refractivity contribution is 6.00. The summed E-state index contributed by atoms with van der Waals surface area (Å²) in [5, 5.41) is 5.53. The van der Waals surface area contributed by atoms with Gasteiger partial charge in [0, 0.05) is 41.5 Å². The minimum Gasteiger partial charge on any atom is -0.455 e. The Morgan fingerprint density at radius 2 is 1.84 bits per heavy atom. The highest BCUT2D eigenvalue weighted by Gasteiger charge is 2.26. The lowest BCUT2D eigenvalue weighted by Gasteiger charge is -2.20. The lowest BCUT2D eigenvalue weighted by Crippen LogP contribution is -2.25. The summed E-state index contributed by atoms with van der Waals surface area (Å²) in [6.45, 7) is 11.0. The molecule has 0 saturated heterocycles. The smallest absolute Gasteiger partial charge is 0.247 e. The first-order valence-corrected chi connectivity index (χ1v) is 11.9. The Balaban J connectivity index is 1.93. The topological polar surface area (TPSA) is 89.4 Å². The van der Waals surface area contributed by atoms with Crippen molar-refractivity contribution in [3.63, 3.8) is 0 Å². The van der Waals surface area contributed by atoms with Crippen LogP contribution in [0.25, 0.3) is 11.8 Å². The van der Waals surface area contributed by atoms with Gasteiger partial charge in [-0.05, 0) is 81.3 Å². The van der Waals surface area contributed by atoms with Crippen molar-refractivity contribution in [2.24, 2.45) is 0 Å². The zero-order valence-corrected chi connectivity index (χ0v) is 21.2. The van der Waals surface area contributed by atoms with Gasteiger partial charge in [0.1, 0.15) is 11.6 Å². The number of rotatable bonds is 7. The number of likely N-dealkylation sites (N-methyl/N-ethyl adjacent to an activating group) is 1. The lowest BCUT2D eigenvalue weighted by molar-refractivity contribution is -0.117. The molecule has 0 fully saturated rings. The van der Waals surface area contributed by atoms with Crippen molar-refractivity contribution in [2.45, 2.75) is 34.1 Å². The second-order valence-electron chi connectivity index (χ2n) is 8.93. The van der Waals surface area contributed by atoms with Crippen molar-refractivity contribution in [3.05, 3.63) is 98.7 Å². The molecule has 0 radical (unpaired) electrons. The summed E-state index contributed by atoms with van der Waals surface area (Å²) >= 11 is 0. The molecule has 2 N–H and O–H groups in total. The van der Waals surface area contributed by atoms with Crippen molar-refractivity contribution in [3.8, 4) is 17.2 Å². The molecular weight excluding hydrogens is 473 g/mol. The van der Waals surface area contributed by atoms with Crippen LogP contribution in [0.15, 0.2) is 59.6 Å². The number of nitrogens with one attached hydrogen (secondary N) is 2. The first kappa shape index (κ1) is 25.6. The van der Waals surface area contributed by atoms with Crippen LogP contribution >= 0.6 is 0 Å². The summed E-state index contributed by atoms with van der Waals surface area (Å²) < 4.78 is 22.0. The molecular formula is C29H28FN3O4. The summed E-state index contributed by atoms with van der Waals surface area (Å²) in [7, 11) is 0. The van der Waals surface area contributed by atoms with Gasteiger partial charge in [-0.1, -0.05) is 6.58 Å². The third-order valence-corrected chi connectivity index (χ3v) is 6.14. The van der Waals surface area contributed by atoms with Gasteiger partial charge in [-0.3, -0.25) is 14.4 Å². The van der Waals surface area contributed by atoms with E-state index in [1.807, 2.05) is 6.92 Å². The molecule has 37 heavy (non-hydrogen) atoms. The Hall–Kier alpha value is -4.46. The average molecular weight is 502 g/mol. The Bertz CT molecular complexity index is 1510. The minimum absolute atomic E-state index is 0.134. The second kappa shape index (κ2) is 10.3. The molecule has 0 bridgehead atoms. The van der Waals surface area contributed by atoms with Crippen LogP contribution < -0.4 is 20.8 Å². The van der Waals surface area contributed by atoms with Gasteiger partial charge >= 0.3 is 0 Å². The fourth-order valence-corrected chi connectivity index (χ4v) is 4.41. The first-order chi connectivity index (χ1) is 17.6. The summed E-state index contributed by atoms with van der Waals surface area (Å²) in [6.07, 6.45) is 4.76. The van der Waals surface area contributed by atoms with E-state index in [4.69, 9.17) is 4.74 Å². The fraction of sp³-hybridized carbons (Fsp3) is 0.207. The van der Waals surface area contributed by atoms with Gasteiger partial charge < -0.3 is 19.9 Å². The van der Waals surface area contributed by atoms with Crippen LogP contribution in [0.2, 0.25) is 0 Å². The number of nitrogens with zero attached hydrogens (tertiary/aromatic N) is 1. The predicted octanol–water partition coefficient (Wildman–Crippen LogP) is 4.89. The summed E-state index contributed by atoms with van der Waals surface area (Å²) in [5.41, 5.74) is 4.14. The number of carbonyl (C=O) groups is 2. The van der Waals surface area contributed by atoms with E-state index in [-0.39, 0.29) is 29.5 Å². The zero-order valence-electron chi connectivity index (χ0n) is 21.2. The van der Waals surface area contributed by atoms with Crippen molar-refractivity contribution < 1.29 is 18.7 Å². The van der Waals surface area contributed by atoms with Crippen molar-refractivity contribution in [2.75, 3.05) is 11.9 Å². The minimum atomic E-state index is -0.385. The number of hydrogen-bond donors (Lipinski definition) is 2. The molecule has 7 nitrogen and oxygen atoms in total. The number of fused-ring (bicyclic) bond motifs is 1. The number of halogens is 1. The maximum Gasteiger partial charge on any atom is 0.247 e. The van der Waals surface area contributed by atoms with Crippen LogP contribution in [0.1, 0.15) is 34.9 Å². The van der Waals surface area contributed by atoms with Crippen molar-refractivity contribution in [1.82, 2.24) is 9.88 Å². The molecule has 0 atom stereocenters. The van der Waals surface area contributed by atoms with Gasteiger partial charge in [0.2, 0.25) is 11.8 Å². The Kier molecular flexibility index (Phi) is 7.11. The third-order valence-electron chi connectivity index (χ3n) is 6.14. The molecule has 0 unspecified atom stereocenters. The van der Waals surface area contributed by atoms with E-state index >= 15 is 0 Å². The van der Waals surface area contributed by atoms with Crippen LogP contribution in [0.5, 0.6) is 11.5 Å². The number of carbonyl (C=O) groups excluding carboxylic acids is 2. The highest BCUT2D eigenvalue weighted by atomic mass is 19.1. The van der Waals surface area contributed by atoms with Crippen LogP contribution in [0, 0.1) is 26.6 Å². The molecule has 3 aromatic rings. The quantitative estimate of drug-likeness (QED) is 0.451. The fourth-order valence-electron chi connectivity index (χ4n) is 4.41. The Morgan fingerprint density at radius 3 is 2.49 bits per heavy atom. The second-order valence-corrected chi connectivity index (χ2v) is 8.93. The van der Waals surface area contributed by atoms with Gasteiger partial charge in [-0.15, -0.1) is 0 Å². The standard InChI is InChI=1S/C29H28FN3O4/c1-6-26(34)32-21-8-9-25(37-28-16(3)10-20(30)11-17(28)4)24(14-21)33-15-18(5)27(35)22-12-19(13-23(22)33)29(36)31-7-2/h6,8-11,13-15H,1,7,12H2,2-5H3,(H,31,36)(H,32,34). The van der Waals surface area contributed by atoms with Crippen molar-refractivity contribution in [1.29, 1.82) is 0 Å². The van der Waals surface area contributed by atoms with Gasteiger partial charge in [0.25, 0.3) is 0 Å². The van der Waals surface area contributed by atoms with Gasteiger partial charge in [0.15, 0.2) is 11.2 Å². The summed E-state index contributed by atoms with van der Waals surface area (Å²) in [6, 6.07) is 7.87. The molecule has 2 aromatic carbocycles. The number of aromatic nitrogens is 1. The van der Waals surface area contributed by atoms with E-state index < -0.39 is 0 Å². The van der Waals surface area contributed by atoms with E-state index in [2.05, 4.69) is 17.2 Å². The maximum atomic E-state index is 13.9. The molecule has 1 aliphatic rings. The lowest BCUT2D eigenvalue weighted by atomic mass is 10.1. The van der Waals surface area contributed by atoms with E-state index in [1.54, 1.807) is 55.8 Å². The first-order valence-electron chi connectivity index (χ1n) is 11.9. The SMILES string of the molecule is C=CC(=O)Nc1ccc(Oc2c(C)cc(F)cc2C)c(-n2cc(C)c(=O)c3c2C=C(C(=O)NCC)C3)c1. The number of benzene rings is 2. The van der Waals surface area contributed by atoms with Crippen LogP contribution in [0.4, 0.5) is 10.1 Å². The predicted molar refractivity (Wildman–Crippen MR) is 142 cm³/mol. The largest absolute Gasteiger partial charge is 0.455 e. The maximum absolute atomic E-state index is 13.9. The number of anilines is 1. The number of amides is 2. The number of hydrogen-bond acceptors (Lipinski definition) is 4. The van der Waals surface area contributed by atoms with Crippen LogP contribution in [-0.4, -0.2) is 22.9 Å². The molecule has 190 valence electrons. The molecule has 1 heterocycles. The Morgan fingerprint density at radius 1 is 1.14 bits per heavy atom. The number of pyridine rings is 1. The number of aryl methyl sites for hydroxylation is 3. The van der Waals surface area contributed by atoms with Gasteiger partial charge in [-0.25, -0.2) is 4.39 Å². The summed E-state index contributed by atoms with van der Waals surface area (Å²) in [5.74, 6) is -0.0622. The van der Waals surface area contributed by atoms with E-state index in [0.29, 0.717) is 62.9 Å². The van der Waals surface area contributed by atoms with Crippen LogP contribution in [0.3, 0.4) is 0 Å². The molecule has 4 rings (SSSR count). The van der Waals surface area contributed by atoms with Gasteiger partial charge in [-0.2, -0.15) is 0 Å². The van der Waals surface area contributed by atoms with Gasteiger partial charge in [0.05, 0.1) is 11.4 Å². The van der Waals surface area contributed by atoms with E-state index in [0.717, 1.165) is 6.08 Å². The molecule has 0 spiro atoms. The highest BCUT2D eigenvalue weighted by Crippen LogP contribution is 2.37. The number of ether oxygens (including phenoxy) is 1. The van der Waals surface area contributed by atoms with E-state index in [9.17, 15) is 18.8 Å². The molecule has 1 aliphatic carbocycles. The molecule has 0 aliphatic heterocycles. The molecule has 8 heteroatoms.